The van der Waals surface area contributed by atoms with Crippen molar-refractivity contribution < 1.29 is 0 Å². The summed E-state index contributed by atoms with van der Waals surface area (Å²) in [6.45, 7) is 7.90. The van der Waals surface area contributed by atoms with Crippen molar-refractivity contribution in [3.63, 3.8) is 0 Å². The maximum absolute atomic E-state index is 3.77. The molecule has 0 N–H and O–H groups in total. The van der Waals surface area contributed by atoms with Crippen LogP contribution < -0.4 is 0 Å². The molecule has 0 aromatic rings. The van der Waals surface area contributed by atoms with Crippen molar-refractivity contribution in [1.29, 1.82) is 0 Å². The summed E-state index contributed by atoms with van der Waals surface area (Å²) in [4.78, 5) is 1.17. The Morgan fingerprint density at radius 1 is 1.86 bits per heavy atom. The molecule has 0 amide bonds. The summed E-state index contributed by atoms with van der Waals surface area (Å²) in [6.07, 6.45) is 2.02. The average Bonchev–Trinajstić information content (AvgIpc) is 1.68. The van der Waals surface area contributed by atoms with E-state index in [4.69, 9.17) is 0 Å². The van der Waals surface area contributed by atoms with E-state index in [0.717, 1.165) is 5.75 Å². The molecule has 41 valence electrons. The topological polar surface area (TPSA) is 0 Å². The minimum absolute atomic E-state index is 1.13. The zero-order valence-corrected chi connectivity index (χ0v) is 5.72. The summed E-state index contributed by atoms with van der Waals surface area (Å²) in [5.41, 5.74) is 0. The van der Waals surface area contributed by atoms with E-state index in [9.17, 15) is 0 Å². The third-order valence-corrected chi connectivity index (χ3v) is 1.55. The Morgan fingerprint density at radius 2 is 2.43 bits per heavy atom. The van der Waals surface area contributed by atoms with E-state index in [1.165, 1.54) is 4.91 Å². The normalized spacial score (nSPS) is 12.1. The van der Waals surface area contributed by atoms with Gasteiger partial charge in [0.2, 0.25) is 0 Å². The lowest BCUT2D eigenvalue weighted by atomic mass is 10.6. The Kier molecular flexibility index (Phi) is 4.31. The fourth-order valence-corrected chi connectivity index (χ4v) is 0.806. The minimum atomic E-state index is 1.13. The van der Waals surface area contributed by atoms with Crippen molar-refractivity contribution in [2.75, 3.05) is 5.75 Å². The van der Waals surface area contributed by atoms with Gasteiger partial charge >= 0.3 is 0 Å². The number of allylic oxidation sites excluding steroid dienone is 2. The number of rotatable bonds is 2. The second kappa shape index (κ2) is 4.25. The van der Waals surface area contributed by atoms with E-state index in [-0.39, 0.29) is 0 Å². The first-order valence-electron chi connectivity index (χ1n) is 2.42. The van der Waals surface area contributed by atoms with E-state index in [0.29, 0.717) is 0 Å². The zero-order chi connectivity index (χ0) is 5.70. The van der Waals surface area contributed by atoms with Crippen LogP contribution in [0.2, 0.25) is 0 Å². The van der Waals surface area contributed by atoms with Crippen LogP contribution in [-0.2, 0) is 0 Å². The van der Waals surface area contributed by atoms with Gasteiger partial charge in [-0.05, 0) is 24.5 Å². The van der Waals surface area contributed by atoms with Crippen molar-refractivity contribution in [3.8, 4) is 0 Å². The fraction of sp³-hybridized carbons (Fsp3) is 0.500. The molecule has 7 heavy (non-hydrogen) atoms. The number of hydrogen-bond acceptors (Lipinski definition) is 1. The van der Waals surface area contributed by atoms with Crippen molar-refractivity contribution in [1.82, 2.24) is 0 Å². The third kappa shape index (κ3) is 3.93. The molecule has 0 aliphatic carbocycles. The highest BCUT2D eigenvalue weighted by Crippen LogP contribution is 2.11. The van der Waals surface area contributed by atoms with Gasteiger partial charge in [-0.3, -0.25) is 0 Å². The highest BCUT2D eigenvalue weighted by molar-refractivity contribution is 8.03. The largest absolute Gasteiger partial charge is 0.131 e. The molecule has 0 saturated heterocycles. The molecule has 1 heteroatoms. The van der Waals surface area contributed by atoms with Crippen molar-refractivity contribution in [3.05, 3.63) is 17.9 Å². The van der Waals surface area contributed by atoms with Gasteiger partial charge in [0.05, 0.1) is 0 Å². The van der Waals surface area contributed by atoms with Crippen LogP contribution in [0, 0.1) is 6.92 Å². The quantitative estimate of drug-likeness (QED) is 0.532. The van der Waals surface area contributed by atoms with Crippen LogP contribution in [0.4, 0.5) is 0 Å². The number of thioether (sulfide) groups is 1. The lowest BCUT2D eigenvalue weighted by molar-refractivity contribution is 1.53. The summed E-state index contributed by atoms with van der Waals surface area (Å²) in [7, 11) is 0. The molecule has 1 radical (unpaired) electrons. The summed E-state index contributed by atoms with van der Waals surface area (Å²) in [6, 6.07) is 0. The zero-order valence-electron chi connectivity index (χ0n) is 4.90. The molecular weight excluding hydrogens is 104 g/mol. The van der Waals surface area contributed by atoms with E-state index in [1.54, 1.807) is 11.8 Å². The minimum Gasteiger partial charge on any atom is -0.131 e. The lowest BCUT2D eigenvalue weighted by Gasteiger charge is -1.90. The van der Waals surface area contributed by atoms with E-state index < -0.39 is 0 Å². The Labute approximate surface area is 50.0 Å². The molecule has 0 unspecified atom stereocenters. The standard InChI is InChI=1S/C6H11S/c1-4-6(3)7-5-2/h4H,3,5H2,1-2H3. The van der Waals surface area contributed by atoms with Gasteiger partial charge in [0.25, 0.3) is 0 Å². The van der Waals surface area contributed by atoms with Gasteiger partial charge in [-0.1, -0.05) is 13.0 Å². The van der Waals surface area contributed by atoms with Gasteiger partial charge in [-0.2, -0.15) is 0 Å². The van der Waals surface area contributed by atoms with Crippen LogP contribution in [0.25, 0.3) is 0 Å². The molecule has 0 aliphatic rings. The Morgan fingerprint density at radius 3 is 2.57 bits per heavy atom. The maximum Gasteiger partial charge on any atom is -0.00518 e. The SMILES string of the molecule is [CH2]C(=CC)SCC. The van der Waals surface area contributed by atoms with Gasteiger partial charge in [0.15, 0.2) is 0 Å². The Hall–Kier alpha value is 0.0900. The second-order valence-electron chi connectivity index (χ2n) is 1.19. The molecule has 0 fully saturated rings. The molecule has 0 bridgehead atoms. The van der Waals surface area contributed by atoms with Crippen LogP contribution >= 0.6 is 11.8 Å². The summed E-state index contributed by atoms with van der Waals surface area (Å²) in [5.74, 6) is 1.13. The van der Waals surface area contributed by atoms with Crippen LogP contribution in [0.1, 0.15) is 13.8 Å². The van der Waals surface area contributed by atoms with Crippen molar-refractivity contribution in [2.45, 2.75) is 13.8 Å². The first kappa shape index (κ1) is 7.09. The first-order valence-corrected chi connectivity index (χ1v) is 3.41. The fourth-order valence-electron chi connectivity index (χ4n) is 0.269. The highest BCUT2D eigenvalue weighted by Gasteiger charge is 1.80. The van der Waals surface area contributed by atoms with Crippen LogP contribution in [-0.4, -0.2) is 5.75 Å². The first-order chi connectivity index (χ1) is 3.31. The Balaban J connectivity index is 3.17. The third-order valence-electron chi connectivity index (χ3n) is 0.652. The predicted octanol–water partition coefficient (Wildman–Crippen LogP) is 2.48. The van der Waals surface area contributed by atoms with Gasteiger partial charge in [0, 0.05) is 0 Å². The number of hydrogen-bond donors (Lipinski definition) is 0. The summed E-state index contributed by atoms with van der Waals surface area (Å²) >= 11 is 1.78. The molecule has 0 saturated carbocycles. The van der Waals surface area contributed by atoms with E-state index >= 15 is 0 Å². The molecule has 0 atom stereocenters. The van der Waals surface area contributed by atoms with Gasteiger partial charge < -0.3 is 0 Å². The van der Waals surface area contributed by atoms with Crippen LogP contribution in [0.5, 0.6) is 0 Å². The molecule has 0 aliphatic heterocycles. The van der Waals surface area contributed by atoms with Crippen molar-refractivity contribution >= 4 is 11.8 Å². The maximum atomic E-state index is 3.77. The molecular formula is C6H11S. The van der Waals surface area contributed by atoms with Crippen LogP contribution in [0.3, 0.4) is 0 Å². The summed E-state index contributed by atoms with van der Waals surface area (Å²) in [5, 5.41) is 0. The Bertz CT molecular complexity index is 64.6. The second-order valence-corrected chi connectivity index (χ2v) is 2.58. The average molecular weight is 115 g/mol. The molecule has 0 aromatic carbocycles. The molecule has 0 rings (SSSR count). The summed E-state index contributed by atoms with van der Waals surface area (Å²) < 4.78 is 0. The van der Waals surface area contributed by atoms with E-state index in [1.807, 2.05) is 13.0 Å². The lowest BCUT2D eigenvalue weighted by Crippen LogP contribution is -1.66. The van der Waals surface area contributed by atoms with Gasteiger partial charge in [0.1, 0.15) is 0 Å². The predicted molar refractivity (Wildman–Crippen MR) is 37.2 cm³/mol. The van der Waals surface area contributed by atoms with Gasteiger partial charge in [-0.25, -0.2) is 0 Å². The monoisotopic (exact) mass is 115 g/mol. The molecule has 0 nitrogen and oxygen atoms in total. The van der Waals surface area contributed by atoms with Crippen LogP contribution in [0.15, 0.2) is 11.0 Å². The molecule has 0 aromatic heterocycles. The molecule has 0 heterocycles. The van der Waals surface area contributed by atoms with Crippen molar-refractivity contribution in [2.24, 2.45) is 0 Å². The molecule has 0 spiro atoms. The smallest absolute Gasteiger partial charge is 0.00518 e. The van der Waals surface area contributed by atoms with E-state index in [2.05, 4.69) is 13.8 Å². The highest BCUT2D eigenvalue weighted by atomic mass is 32.2. The van der Waals surface area contributed by atoms with Gasteiger partial charge in [-0.15, -0.1) is 11.8 Å².